The van der Waals surface area contributed by atoms with E-state index in [1.54, 1.807) is 0 Å². The second-order valence-corrected chi connectivity index (χ2v) is 7.20. The Morgan fingerprint density at radius 3 is 2.61 bits per heavy atom. The Bertz CT molecular complexity index is 697. The number of carbonyl (C=O) groups excluding carboxylic acids is 1. The van der Waals surface area contributed by atoms with Gasteiger partial charge in [0, 0.05) is 23.1 Å². The van der Waals surface area contributed by atoms with Crippen LogP contribution in [0.2, 0.25) is 0 Å². The van der Waals surface area contributed by atoms with Crippen molar-refractivity contribution in [2.45, 2.75) is 26.0 Å². The fourth-order valence-electron chi connectivity index (χ4n) is 2.46. The van der Waals surface area contributed by atoms with Crippen LogP contribution in [0.4, 0.5) is 0 Å². The van der Waals surface area contributed by atoms with Crippen molar-refractivity contribution in [2.75, 3.05) is 12.3 Å². The van der Waals surface area contributed by atoms with Gasteiger partial charge < -0.3 is 5.32 Å². The van der Waals surface area contributed by atoms with Crippen molar-refractivity contribution in [3.05, 3.63) is 70.8 Å². The van der Waals surface area contributed by atoms with Crippen LogP contribution in [0.5, 0.6) is 0 Å². The highest BCUT2D eigenvalue weighted by Crippen LogP contribution is 2.08. The molecule has 23 heavy (non-hydrogen) atoms. The number of carbonyl (C=O) groups is 1. The van der Waals surface area contributed by atoms with Crippen LogP contribution in [0.3, 0.4) is 0 Å². The second-order valence-electron chi connectivity index (χ2n) is 5.74. The van der Waals surface area contributed by atoms with Crippen LogP contribution in [-0.4, -0.2) is 22.4 Å². The summed E-state index contributed by atoms with van der Waals surface area (Å²) >= 11 is 0. The van der Waals surface area contributed by atoms with Crippen molar-refractivity contribution >= 4 is 16.7 Å². The van der Waals surface area contributed by atoms with Crippen molar-refractivity contribution in [3.63, 3.8) is 0 Å². The molecule has 0 saturated heterocycles. The lowest BCUT2D eigenvalue weighted by molar-refractivity contribution is -0.118. The molecule has 2 aromatic carbocycles. The minimum Gasteiger partial charge on any atom is -0.355 e. The van der Waals surface area contributed by atoms with Crippen LogP contribution >= 0.6 is 0 Å². The van der Waals surface area contributed by atoms with E-state index >= 15 is 0 Å². The molecule has 2 aromatic rings. The highest BCUT2D eigenvalue weighted by Gasteiger charge is 2.09. The first-order chi connectivity index (χ1) is 11.0. The topological polar surface area (TPSA) is 46.2 Å². The van der Waals surface area contributed by atoms with E-state index in [1.807, 2.05) is 43.3 Å². The number of aryl methyl sites for hydroxylation is 2. The normalized spacial score (nSPS) is 11.9. The number of nitrogens with one attached hydrogen (secondary N) is 1. The summed E-state index contributed by atoms with van der Waals surface area (Å²) in [6, 6.07) is 16.0. The van der Waals surface area contributed by atoms with Gasteiger partial charge in [-0.1, -0.05) is 54.1 Å². The maximum Gasteiger partial charge on any atom is 0.232 e. The molecule has 0 heterocycles. The highest BCUT2D eigenvalue weighted by molar-refractivity contribution is 7.84. The molecule has 0 saturated carbocycles. The molecule has 0 aliphatic heterocycles. The standard InChI is InChI=1S/C19H23NO2S/c1-15-6-5-8-17(12-15)13-23(22)14-19(21)20-11-10-18-9-4-3-7-16(18)2/h3-9,12H,10-11,13-14H2,1-2H3,(H,20,21)/t23-/m1/s1. The SMILES string of the molecule is Cc1cccc(C[S@@](=O)CC(=O)NCCc2ccccc2C)c1. The third-order valence-electron chi connectivity index (χ3n) is 3.68. The molecule has 3 nitrogen and oxygen atoms in total. The average molecular weight is 329 g/mol. The third kappa shape index (κ3) is 5.99. The van der Waals surface area contributed by atoms with E-state index in [-0.39, 0.29) is 11.7 Å². The lowest BCUT2D eigenvalue weighted by Crippen LogP contribution is -2.30. The zero-order valence-corrected chi connectivity index (χ0v) is 14.5. The van der Waals surface area contributed by atoms with Crippen LogP contribution in [0.1, 0.15) is 22.3 Å². The van der Waals surface area contributed by atoms with E-state index in [9.17, 15) is 9.00 Å². The van der Waals surface area contributed by atoms with Gasteiger partial charge >= 0.3 is 0 Å². The molecule has 0 aliphatic carbocycles. The van der Waals surface area contributed by atoms with Gasteiger partial charge in [0.15, 0.2) is 0 Å². The van der Waals surface area contributed by atoms with E-state index in [0.717, 1.165) is 17.5 Å². The van der Waals surface area contributed by atoms with Crippen molar-refractivity contribution in [1.82, 2.24) is 5.32 Å². The van der Waals surface area contributed by atoms with Gasteiger partial charge in [0.25, 0.3) is 0 Å². The van der Waals surface area contributed by atoms with Crippen LogP contribution in [0.25, 0.3) is 0 Å². The van der Waals surface area contributed by atoms with Crippen molar-refractivity contribution in [1.29, 1.82) is 0 Å². The summed E-state index contributed by atoms with van der Waals surface area (Å²) in [7, 11) is -1.17. The Morgan fingerprint density at radius 1 is 1.09 bits per heavy atom. The van der Waals surface area contributed by atoms with Gasteiger partial charge in [-0.05, 0) is 37.0 Å². The first-order valence-electron chi connectivity index (χ1n) is 7.76. The van der Waals surface area contributed by atoms with Gasteiger partial charge in [-0.15, -0.1) is 0 Å². The average Bonchev–Trinajstić information content (AvgIpc) is 2.49. The van der Waals surface area contributed by atoms with E-state index in [1.165, 1.54) is 11.1 Å². The van der Waals surface area contributed by atoms with Gasteiger partial charge in [-0.2, -0.15) is 0 Å². The molecule has 1 amide bonds. The summed E-state index contributed by atoms with van der Waals surface area (Å²) in [5.74, 6) is 0.332. The molecule has 1 N–H and O–H groups in total. The number of amides is 1. The van der Waals surface area contributed by atoms with Crippen molar-refractivity contribution < 1.29 is 9.00 Å². The molecule has 0 aliphatic rings. The molecule has 0 fully saturated rings. The minimum atomic E-state index is -1.17. The Balaban J connectivity index is 1.74. The van der Waals surface area contributed by atoms with E-state index < -0.39 is 10.8 Å². The monoisotopic (exact) mass is 329 g/mol. The molecule has 2 rings (SSSR count). The Kier molecular flexibility index (Phi) is 6.53. The minimum absolute atomic E-state index is 0.0573. The van der Waals surface area contributed by atoms with Gasteiger partial charge in [0.1, 0.15) is 5.75 Å². The molecule has 0 aromatic heterocycles. The molecule has 122 valence electrons. The molecule has 4 heteroatoms. The summed E-state index contributed by atoms with van der Waals surface area (Å²) in [5, 5.41) is 2.85. The van der Waals surface area contributed by atoms with Crippen LogP contribution in [-0.2, 0) is 27.8 Å². The number of hydrogen-bond donors (Lipinski definition) is 1. The summed E-state index contributed by atoms with van der Waals surface area (Å²) in [6.07, 6.45) is 0.795. The quantitative estimate of drug-likeness (QED) is 0.849. The van der Waals surface area contributed by atoms with Gasteiger partial charge in [0.05, 0.1) is 0 Å². The van der Waals surface area contributed by atoms with Crippen LogP contribution in [0.15, 0.2) is 48.5 Å². The van der Waals surface area contributed by atoms with E-state index in [2.05, 4.69) is 24.4 Å². The summed E-state index contributed by atoms with van der Waals surface area (Å²) in [6.45, 7) is 4.64. The van der Waals surface area contributed by atoms with Crippen molar-refractivity contribution in [3.8, 4) is 0 Å². The lowest BCUT2D eigenvalue weighted by atomic mass is 10.1. The predicted molar refractivity (Wildman–Crippen MR) is 95.8 cm³/mol. The molecule has 1 atom stereocenters. The molecule has 0 radical (unpaired) electrons. The molecular weight excluding hydrogens is 306 g/mol. The lowest BCUT2D eigenvalue weighted by Gasteiger charge is -2.08. The fourth-order valence-corrected chi connectivity index (χ4v) is 3.51. The van der Waals surface area contributed by atoms with Gasteiger partial charge in [-0.25, -0.2) is 0 Å². The zero-order valence-electron chi connectivity index (χ0n) is 13.7. The molecule has 0 bridgehead atoms. The zero-order chi connectivity index (χ0) is 16.7. The van der Waals surface area contributed by atoms with E-state index in [0.29, 0.717) is 12.3 Å². The Morgan fingerprint density at radius 2 is 1.87 bits per heavy atom. The second kappa shape index (κ2) is 8.63. The smallest absolute Gasteiger partial charge is 0.232 e. The number of hydrogen-bond acceptors (Lipinski definition) is 2. The molecular formula is C19H23NO2S. The first kappa shape index (κ1) is 17.4. The fraction of sp³-hybridized carbons (Fsp3) is 0.316. The largest absolute Gasteiger partial charge is 0.355 e. The summed E-state index contributed by atoms with van der Waals surface area (Å²) in [4.78, 5) is 11.9. The third-order valence-corrected chi connectivity index (χ3v) is 4.92. The molecule has 0 spiro atoms. The van der Waals surface area contributed by atoms with Crippen LogP contribution < -0.4 is 5.32 Å². The molecule has 0 unspecified atom stereocenters. The van der Waals surface area contributed by atoms with Gasteiger partial charge in [0.2, 0.25) is 5.91 Å². The maximum atomic E-state index is 12.1. The summed E-state index contributed by atoms with van der Waals surface area (Å²) in [5.41, 5.74) is 4.61. The van der Waals surface area contributed by atoms with Crippen LogP contribution in [0, 0.1) is 13.8 Å². The Hall–Kier alpha value is -1.94. The van der Waals surface area contributed by atoms with Gasteiger partial charge in [-0.3, -0.25) is 9.00 Å². The number of benzene rings is 2. The van der Waals surface area contributed by atoms with E-state index in [4.69, 9.17) is 0 Å². The first-order valence-corrected chi connectivity index (χ1v) is 9.25. The predicted octanol–water partition coefficient (Wildman–Crippen LogP) is 2.91. The highest BCUT2D eigenvalue weighted by atomic mass is 32.2. The summed E-state index contributed by atoms with van der Waals surface area (Å²) < 4.78 is 12.1. The van der Waals surface area contributed by atoms with Crippen molar-refractivity contribution in [2.24, 2.45) is 0 Å². The maximum absolute atomic E-state index is 12.1. The number of rotatable bonds is 7. The Labute approximate surface area is 140 Å².